The Labute approximate surface area is 106 Å². The van der Waals surface area contributed by atoms with Gasteiger partial charge in [-0.3, -0.25) is 0 Å². The van der Waals surface area contributed by atoms with Gasteiger partial charge in [-0.2, -0.15) is 5.10 Å². The number of unbranched alkanes of at least 4 members (excludes halogenated alkanes) is 1. The molecule has 1 amide bonds. The van der Waals surface area contributed by atoms with Gasteiger partial charge in [-0.05, 0) is 24.1 Å². The van der Waals surface area contributed by atoms with Crippen LogP contribution in [0.25, 0.3) is 0 Å². The standard InChI is InChI=1S/C12H15ClN2O2/c1-2-3-8-17-12(16)15-14-9-10-4-6-11(13)7-5-10/h4-7,9H,2-3,8H2,1H3,(H,15,16)/b14-9+. The molecule has 1 aromatic rings. The molecule has 0 bridgehead atoms. The second-order valence-corrected chi connectivity index (χ2v) is 3.85. The Morgan fingerprint density at radius 2 is 2.18 bits per heavy atom. The molecule has 0 unspecified atom stereocenters. The summed E-state index contributed by atoms with van der Waals surface area (Å²) in [5.74, 6) is 0. The number of hydrogen-bond acceptors (Lipinski definition) is 3. The van der Waals surface area contributed by atoms with Crippen molar-refractivity contribution in [2.24, 2.45) is 5.10 Å². The van der Waals surface area contributed by atoms with Crippen molar-refractivity contribution in [1.82, 2.24) is 5.43 Å². The first-order chi connectivity index (χ1) is 8.22. The van der Waals surface area contributed by atoms with Crippen LogP contribution in [0.3, 0.4) is 0 Å². The lowest BCUT2D eigenvalue weighted by molar-refractivity contribution is 0.145. The first-order valence-corrected chi connectivity index (χ1v) is 5.81. The van der Waals surface area contributed by atoms with Crippen molar-refractivity contribution < 1.29 is 9.53 Å². The zero-order chi connectivity index (χ0) is 12.5. The molecule has 0 atom stereocenters. The average molecular weight is 255 g/mol. The molecule has 0 saturated carbocycles. The van der Waals surface area contributed by atoms with Crippen molar-refractivity contribution in [3.05, 3.63) is 34.9 Å². The maximum absolute atomic E-state index is 11.1. The summed E-state index contributed by atoms with van der Waals surface area (Å²) in [4.78, 5) is 11.1. The molecule has 0 aliphatic heterocycles. The quantitative estimate of drug-likeness (QED) is 0.498. The third kappa shape index (κ3) is 5.92. The summed E-state index contributed by atoms with van der Waals surface area (Å²) < 4.78 is 4.85. The molecule has 0 spiro atoms. The van der Waals surface area contributed by atoms with E-state index in [0.29, 0.717) is 11.6 Å². The molecule has 0 saturated heterocycles. The zero-order valence-electron chi connectivity index (χ0n) is 9.65. The number of nitrogens with one attached hydrogen (secondary N) is 1. The van der Waals surface area contributed by atoms with Gasteiger partial charge in [0.1, 0.15) is 0 Å². The monoisotopic (exact) mass is 254 g/mol. The Balaban J connectivity index is 2.29. The summed E-state index contributed by atoms with van der Waals surface area (Å²) in [5, 5.41) is 4.42. The van der Waals surface area contributed by atoms with Crippen molar-refractivity contribution in [2.75, 3.05) is 6.61 Å². The van der Waals surface area contributed by atoms with Gasteiger partial charge in [0, 0.05) is 5.02 Å². The van der Waals surface area contributed by atoms with Gasteiger partial charge in [0.2, 0.25) is 0 Å². The lowest BCUT2D eigenvalue weighted by Gasteiger charge is -2.01. The van der Waals surface area contributed by atoms with E-state index in [9.17, 15) is 4.79 Å². The molecule has 5 heteroatoms. The average Bonchev–Trinajstić information content (AvgIpc) is 2.32. The smallest absolute Gasteiger partial charge is 0.427 e. The minimum absolute atomic E-state index is 0.415. The van der Waals surface area contributed by atoms with Gasteiger partial charge in [0.15, 0.2) is 0 Å². The van der Waals surface area contributed by atoms with E-state index in [0.717, 1.165) is 18.4 Å². The molecule has 4 nitrogen and oxygen atoms in total. The lowest BCUT2D eigenvalue weighted by Crippen LogP contribution is -2.19. The van der Waals surface area contributed by atoms with Crippen LogP contribution in [-0.4, -0.2) is 18.9 Å². The molecule has 1 N–H and O–H groups in total. The van der Waals surface area contributed by atoms with Gasteiger partial charge in [0.25, 0.3) is 0 Å². The first-order valence-electron chi connectivity index (χ1n) is 5.43. The van der Waals surface area contributed by atoms with Gasteiger partial charge in [-0.1, -0.05) is 37.1 Å². The van der Waals surface area contributed by atoms with Crippen LogP contribution in [0.4, 0.5) is 4.79 Å². The van der Waals surface area contributed by atoms with E-state index in [1.165, 1.54) is 6.21 Å². The molecular formula is C12H15ClN2O2. The predicted molar refractivity (Wildman–Crippen MR) is 68.4 cm³/mol. The third-order valence-corrected chi connectivity index (χ3v) is 2.22. The zero-order valence-corrected chi connectivity index (χ0v) is 10.4. The van der Waals surface area contributed by atoms with Crippen LogP contribution < -0.4 is 5.43 Å². The van der Waals surface area contributed by atoms with Gasteiger partial charge in [-0.15, -0.1) is 0 Å². The molecule has 0 heterocycles. The number of amides is 1. The van der Waals surface area contributed by atoms with E-state index in [2.05, 4.69) is 10.5 Å². The van der Waals surface area contributed by atoms with E-state index < -0.39 is 6.09 Å². The number of carbonyl (C=O) groups excluding carboxylic acids is 1. The highest BCUT2D eigenvalue weighted by atomic mass is 35.5. The van der Waals surface area contributed by atoms with Crippen LogP contribution in [-0.2, 0) is 4.74 Å². The lowest BCUT2D eigenvalue weighted by atomic mass is 10.2. The Morgan fingerprint density at radius 3 is 2.82 bits per heavy atom. The van der Waals surface area contributed by atoms with Crippen LogP contribution in [0.5, 0.6) is 0 Å². The molecule has 92 valence electrons. The fraction of sp³-hybridized carbons (Fsp3) is 0.333. The molecular weight excluding hydrogens is 240 g/mol. The van der Waals surface area contributed by atoms with E-state index in [4.69, 9.17) is 16.3 Å². The van der Waals surface area contributed by atoms with E-state index in [-0.39, 0.29) is 0 Å². The molecule has 0 radical (unpaired) electrons. The topological polar surface area (TPSA) is 50.7 Å². The molecule has 0 aromatic heterocycles. The SMILES string of the molecule is CCCCOC(=O)N/N=C/c1ccc(Cl)cc1. The molecule has 0 aliphatic rings. The van der Waals surface area contributed by atoms with Crippen molar-refractivity contribution in [3.8, 4) is 0 Å². The highest BCUT2D eigenvalue weighted by Crippen LogP contribution is 2.07. The number of rotatable bonds is 5. The molecule has 17 heavy (non-hydrogen) atoms. The Morgan fingerprint density at radius 1 is 1.47 bits per heavy atom. The fourth-order valence-corrected chi connectivity index (χ4v) is 1.18. The number of hydrazone groups is 1. The third-order valence-electron chi connectivity index (χ3n) is 1.97. The Bertz CT molecular complexity index is 377. The Hall–Kier alpha value is -1.55. The van der Waals surface area contributed by atoms with E-state index in [1.54, 1.807) is 24.3 Å². The Kier molecular flexibility index (Phi) is 6.10. The fourth-order valence-electron chi connectivity index (χ4n) is 1.05. The number of carbonyl (C=O) groups is 1. The highest BCUT2D eigenvalue weighted by Gasteiger charge is 1.97. The summed E-state index contributed by atoms with van der Waals surface area (Å²) in [6.07, 6.45) is 2.83. The summed E-state index contributed by atoms with van der Waals surface area (Å²) in [6, 6.07) is 7.11. The van der Waals surface area contributed by atoms with Crippen LogP contribution >= 0.6 is 11.6 Å². The maximum atomic E-state index is 11.1. The number of nitrogens with zero attached hydrogens (tertiary/aromatic N) is 1. The number of ether oxygens (including phenoxy) is 1. The van der Waals surface area contributed by atoms with Crippen molar-refractivity contribution in [2.45, 2.75) is 19.8 Å². The highest BCUT2D eigenvalue weighted by molar-refractivity contribution is 6.30. The summed E-state index contributed by atoms with van der Waals surface area (Å²) in [5.41, 5.74) is 3.13. The van der Waals surface area contributed by atoms with Crippen LogP contribution in [0.2, 0.25) is 5.02 Å². The molecule has 0 fully saturated rings. The van der Waals surface area contributed by atoms with E-state index in [1.807, 2.05) is 6.92 Å². The summed E-state index contributed by atoms with van der Waals surface area (Å²) in [7, 11) is 0. The summed E-state index contributed by atoms with van der Waals surface area (Å²) >= 11 is 5.73. The van der Waals surface area contributed by atoms with Crippen molar-refractivity contribution in [3.63, 3.8) is 0 Å². The van der Waals surface area contributed by atoms with Crippen molar-refractivity contribution in [1.29, 1.82) is 0 Å². The van der Waals surface area contributed by atoms with Crippen LogP contribution in [0.15, 0.2) is 29.4 Å². The largest absolute Gasteiger partial charge is 0.448 e. The molecule has 0 aliphatic carbocycles. The number of benzene rings is 1. The van der Waals surface area contributed by atoms with Crippen molar-refractivity contribution >= 4 is 23.9 Å². The van der Waals surface area contributed by atoms with Gasteiger partial charge >= 0.3 is 6.09 Å². The first kappa shape index (κ1) is 13.5. The normalized spacial score (nSPS) is 10.5. The van der Waals surface area contributed by atoms with Crippen LogP contribution in [0, 0.1) is 0 Å². The van der Waals surface area contributed by atoms with Crippen LogP contribution in [0.1, 0.15) is 25.3 Å². The second-order valence-electron chi connectivity index (χ2n) is 3.41. The van der Waals surface area contributed by atoms with Gasteiger partial charge in [-0.25, -0.2) is 10.2 Å². The maximum Gasteiger partial charge on any atom is 0.427 e. The molecule has 1 rings (SSSR count). The minimum Gasteiger partial charge on any atom is -0.448 e. The molecule has 1 aromatic carbocycles. The van der Waals surface area contributed by atoms with Gasteiger partial charge < -0.3 is 4.74 Å². The van der Waals surface area contributed by atoms with Gasteiger partial charge in [0.05, 0.1) is 12.8 Å². The predicted octanol–water partition coefficient (Wildman–Crippen LogP) is 3.20. The number of hydrogen-bond donors (Lipinski definition) is 1. The second kappa shape index (κ2) is 7.68. The minimum atomic E-state index is -0.538. The van der Waals surface area contributed by atoms with E-state index >= 15 is 0 Å². The summed E-state index contributed by atoms with van der Waals surface area (Å²) in [6.45, 7) is 2.44. The number of halogens is 1.